The lowest BCUT2D eigenvalue weighted by Gasteiger charge is -2.34. The highest BCUT2D eigenvalue weighted by atomic mass is 16.7. The van der Waals surface area contributed by atoms with Crippen LogP contribution in [0, 0.1) is 27.1 Å². The molecule has 16 nitrogen and oxygen atoms in total. The van der Waals surface area contributed by atoms with Crippen LogP contribution in [0.5, 0.6) is 0 Å². The summed E-state index contributed by atoms with van der Waals surface area (Å²) in [6, 6.07) is 0. The summed E-state index contributed by atoms with van der Waals surface area (Å²) in [5.74, 6) is -2.71. The normalized spacial score (nSPS) is 16.6. The minimum Gasteiger partial charge on any atom is -0.479 e. The first kappa shape index (κ1) is 47.2. The zero-order valence-corrected chi connectivity index (χ0v) is 35.1. The maximum Gasteiger partial charge on any atom is 0.338 e. The lowest BCUT2D eigenvalue weighted by molar-refractivity contribution is -0.205. The largest absolute Gasteiger partial charge is 0.479 e. The minimum absolute atomic E-state index is 0.00754. The number of esters is 1. The second kappa shape index (κ2) is 18.4. The van der Waals surface area contributed by atoms with Gasteiger partial charge in [-0.3, -0.25) is 29.4 Å². The third kappa shape index (κ3) is 15.6. The van der Waals surface area contributed by atoms with Gasteiger partial charge in [-0.15, -0.1) is 10.2 Å². The van der Waals surface area contributed by atoms with Crippen LogP contribution >= 0.6 is 0 Å². The maximum absolute atomic E-state index is 12.8. The number of amidine groups is 1. The van der Waals surface area contributed by atoms with Crippen molar-refractivity contribution in [2.45, 2.75) is 152 Å². The molecule has 55 heavy (non-hydrogen) atoms. The molecule has 0 spiro atoms. The second-order valence-corrected chi connectivity index (χ2v) is 18.7. The topological polar surface area (TPSA) is 217 Å². The molecule has 2 saturated heterocycles. The predicted molar refractivity (Wildman–Crippen MR) is 203 cm³/mol. The van der Waals surface area contributed by atoms with Gasteiger partial charge in [-0.1, -0.05) is 41.5 Å². The number of hydrazone groups is 1. The molecule has 2 fully saturated rings. The van der Waals surface area contributed by atoms with Gasteiger partial charge >= 0.3 is 11.9 Å². The van der Waals surface area contributed by atoms with E-state index in [-0.39, 0.29) is 88.5 Å². The molecule has 0 atom stereocenters. The fraction of sp³-hybridized carbons (Fsp3) is 0.795. The quantitative estimate of drug-likeness (QED) is 0.0477. The third-order valence-corrected chi connectivity index (χ3v) is 9.39. The second-order valence-electron chi connectivity index (χ2n) is 18.7. The Bertz CT molecular complexity index is 1460. The van der Waals surface area contributed by atoms with Gasteiger partial charge in [0.15, 0.2) is 5.90 Å². The Morgan fingerprint density at radius 2 is 1.18 bits per heavy atom. The Morgan fingerprint density at radius 3 is 1.75 bits per heavy atom. The molecule has 0 saturated carbocycles. The summed E-state index contributed by atoms with van der Waals surface area (Å²) in [4.78, 5) is 78.3. The number of ether oxygens (including phenoxy) is 4. The van der Waals surface area contributed by atoms with E-state index in [4.69, 9.17) is 34.9 Å². The average molecular weight is 780 g/mol. The highest BCUT2D eigenvalue weighted by molar-refractivity contribution is 6.03. The molecular formula is C39H65N5O11. The third-order valence-electron chi connectivity index (χ3n) is 9.39. The lowest BCUT2D eigenvalue weighted by atomic mass is 9.72. The van der Waals surface area contributed by atoms with Gasteiger partial charge in [0.1, 0.15) is 12.4 Å². The summed E-state index contributed by atoms with van der Waals surface area (Å²) < 4.78 is 23.3. The molecule has 0 aromatic carbocycles. The number of nitrogens with one attached hydrogen (secondary N) is 1. The van der Waals surface area contributed by atoms with E-state index in [0.29, 0.717) is 24.3 Å². The predicted octanol–water partition coefficient (Wildman–Crippen LogP) is 5.20. The van der Waals surface area contributed by atoms with Gasteiger partial charge < -0.3 is 29.5 Å². The summed E-state index contributed by atoms with van der Waals surface area (Å²) >= 11 is 0. The van der Waals surface area contributed by atoms with E-state index in [0.717, 1.165) is 5.01 Å². The molecule has 0 aromatic rings. The van der Waals surface area contributed by atoms with Crippen molar-refractivity contribution in [1.29, 1.82) is 5.41 Å². The van der Waals surface area contributed by atoms with E-state index in [9.17, 15) is 28.8 Å². The van der Waals surface area contributed by atoms with E-state index >= 15 is 0 Å². The van der Waals surface area contributed by atoms with E-state index in [2.05, 4.69) is 5.10 Å². The molecule has 3 N–H and O–H groups in total. The molecule has 0 aliphatic carbocycles. The van der Waals surface area contributed by atoms with Crippen LogP contribution in [0.25, 0.3) is 0 Å². The average Bonchev–Trinajstić information content (AvgIpc) is 3.50. The van der Waals surface area contributed by atoms with Crippen molar-refractivity contribution >= 4 is 47.3 Å². The molecule has 2 aliphatic heterocycles. The number of nitrogens with two attached hydrogens (primary N) is 1. The standard InChI is InChI=1S/C39H65N5O11/c1-34(2,23-36(5,6)32(41)42-43-27(45)13-14-28(43)46)21-26(40)51-19-20-53-39(11,12)25-54-38(9,10)17-18-52-31(49)22-35(3,4)24-37(7,8)33(50)55-44-29(47)15-16-30(44)48/h40H,13-25H2,1-12H3,(H2,41,42). The van der Waals surface area contributed by atoms with Gasteiger partial charge in [0.05, 0.1) is 42.9 Å². The minimum atomic E-state index is -1.08. The smallest absolute Gasteiger partial charge is 0.338 e. The monoisotopic (exact) mass is 779 g/mol. The molecule has 0 bridgehead atoms. The molecule has 0 aromatic heterocycles. The first-order chi connectivity index (χ1) is 25.0. The van der Waals surface area contributed by atoms with Crippen LogP contribution in [0.15, 0.2) is 5.10 Å². The van der Waals surface area contributed by atoms with Crippen molar-refractivity contribution in [3.8, 4) is 0 Å². The Kier molecular flexibility index (Phi) is 15.8. The van der Waals surface area contributed by atoms with E-state index < -0.39 is 56.6 Å². The number of rotatable bonds is 22. The van der Waals surface area contributed by atoms with Crippen LogP contribution in [0.3, 0.4) is 0 Å². The number of hydroxylamine groups is 2. The van der Waals surface area contributed by atoms with E-state index in [1.54, 1.807) is 13.8 Å². The summed E-state index contributed by atoms with van der Waals surface area (Å²) in [6.45, 7) is 23.0. The first-order valence-electron chi connectivity index (χ1n) is 18.9. The van der Waals surface area contributed by atoms with Crippen LogP contribution in [-0.4, -0.2) is 95.0 Å². The SMILES string of the molecule is CC(C)(CC(=O)OCCC(C)(C)OCC(C)(C)OCCOC(=N)CC(C)(C)CC(C)(C)C(N)=NN1C(=O)CCC1=O)CC(C)(C)C(=O)ON1C(=O)CCC1=O. The number of amides is 4. The molecule has 4 amide bonds. The van der Waals surface area contributed by atoms with Gasteiger partial charge in [0.25, 0.3) is 11.8 Å². The van der Waals surface area contributed by atoms with Gasteiger partial charge in [-0.05, 0) is 65.2 Å². The number of carbonyl (C=O) groups excluding carboxylic acids is 6. The van der Waals surface area contributed by atoms with Crippen molar-refractivity contribution in [2.75, 3.05) is 26.4 Å². The summed E-state index contributed by atoms with van der Waals surface area (Å²) in [5.41, 5.74) is 2.14. The highest BCUT2D eigenvalue weighted by Gasteiger charge is 2.42. The Balaban J connectivity index is 1.72. The number of imide groups is 2. The van der Waals surface area contributed by atoms with Crippen molar-refractivity contribution in [2.24, 2.45) is 32.5 Å². The fourth-order valence-corrected chi connectivity index (χ4v) is 6.77. The molecular weight excluding hydrogens is 714 g/mol. The first-order valence-corrected chi connectivity index (χ1v) is 18.9. The summed E-state index contributed by atoms with van der Waals surface area (Å²) in [7, 11) is 0. The molecule has 0 unspecified atom stereocenters. The number of nitrogens with zero attached hydrogens (tertiary/aromatic N) is 3. The van der Waals surface area contributed by atoms with E-state index in [1.807, 2.05) is 69.2 Å². The lowest BCUT2D eigenvalue weighted by Crippen LogP contribution is -2.40. The van der Waals surface area contributed by atoms with Crippen LogP contribution < -0.4 is 5.73 Å². The molecule has 2 aliphatic rings. The molecule has 2 rings (SSSR count). The van der Waals surface area contributed by atoms with Crippen LogP contribution in [-0.2, 0) is 52.6 Å². The van der Waals surface area contributed by atoms with Crippen LogP contribution in [0.2, 0.25) is 0 Å². The van der Waals surface area contributed by atoms with E-state index in [1.165, 1.54) is 0 Å². The van der Waals surface area contributed by atoms with Crippen molar-refractivity contribution in [1.82, 2.24) is 10.1 Å². The number of hydrogen-bond acceptors (Lipinski definition) is 13. The summed E-state index contributed by atoms with van der Waals surface area (Å²) in [6.07, 6.45) is 1.83. The number of carbonyl (C=O) groups is 6. The van der Waals surface area contributed by atoms with Crippen LogP contribution in [0.4, 0.5) is 0 Å². The summed E-state index contributed by atoms with van der Waals surface area (Å²) in [5, 5.41) is 13.9. The van der Waals surface area contributed by atoms with Crippen molar-refractivity contribution in [3.05, 3.63) is 0 Å². The molecule has 16 heteroatoms. The Labute approximate surface area is 325 Å². The molecule has 312 valence electrons. The molecule has 0 radical (unpaired) electrons. The zero-order chi connectivity index (χ0) is 42.2. The van der Waals surface area contributed by atoms with Gasteiger partial charge in [-0.2, -0.15) is 5.01 Å². The highest BCUT2D eigenvalue weighted by Crippen LogP contribution is 2.39. The van der Waals surface area contributed by atoms with Crippen molar-refractivity contribution < 1.29 is 52.6 Å². The number of hydrogen-bond donors (Lipinski definition) is 2. The van der Waals surface area contributed by atoms with Gasteiger partial charge in [0.2, 0.25) is 11.8 Å². The fourth-order valence-electron chi connectivity index (χ4n) is 6.77. The van der Waals surface area contributed by atoms with Gasteiger partial charge in [0, 0.05) is 43.9 Å². The van der Waals surface area contributed by atoms with Crippen molar-refractivity contribution in [3.63, 3.8) is 0 Å². The molecule has 2 heterocycles. The Hall–Kier alpha value is -3.92. The Morgan fingerprint density at radius 1 is 0.673 bits per heavy atom. The zero-order valence-electron chi connectivity index (χ0n) is 35.1. The maximum atomic E-state index is 12.8. The van der Waals surface area contributed by atoms with Crippen LogP contribution in [0.1, 0.15) is 141 Å². The van der Waals surface area contributed by atoms with Gasteiger partial charge in [-0.25, -0.2) is 4.79 Å².